The Morgan fingerprint density at radius 2 is 1.94 bits per heavy atom. The lowest BCUT2D eigenvalue weighted by Crippen LogP contribution is -2.46. The molecule has 0 bridgehead atoms. The third kappa shape index (κ3) is 5.71. The summed E-state index contributed by atoms with van der Waals surface area (Å²) in [5, 5.41) is 12.6. The molecular weight excluding hydrogens is 453 g/mol. The molecule has 0 aliphatic rings. The lowest BCUT2D eigenvalue weighted by Gasteiger charge is -2.29. The Morgan fingerprint density at radius 1 is 1.28 bits per heavy atom. The molecule has 2 rings (SSSR count). The molecule has 0 aliphatic carbocycles. The molecule has 2 N–H and O–H groups in total. The fraction of sp³-hybridized carbons (Fsp3) is 0.450. The molecular formula is C20H24ClF3N4O4. The Hall–Kier alpha value is -2.79. The summed E-state index contributed by atoms with van der Waals surface area (Å²) in [4.78, 5) is 29.4. The van der Waals surface area contributed by atoms with Crippen molar-refractivity contribution in [3.8, 4) is 5.75 Å². The average molecular weight is 477 g/mol. The van der Waals surface area contributed by atoms with Crippen LogP contribution in [0.25, 0.3) is 0 Å². The van der Waals surface area contributed by atoms with Gasteiger partial charge in [0, 0.05) is 38.2 Å². The molecule has 0 aliphatic heterocycles. The zero-order chi connectivity index (χ0) is 24.1. The number of amides is 2. The van der Waals surface area contributed by atoms with Crippen LogP contribution in [0.4, 0.5) is 18.9 Å². The summed E-state index contributed by atoms with van der Waals surface area (Å²) in [6.45, 7) is 4.48. The van der Waals surface area contributed by atoms with E-state index in [0.29, 0.717) is 13.1 Å². The number of ether oxygens (including phenoxy) is 1. The largest absolute Gasteiger partial charge is 0.482 e. The van der Waals surface area contributed by atoms with Crippen LogP contribution < -0.4 is 10.1 Å². The summed E-state index contributed by atoms with van der Waals surface area (Å²) in [5.41, 5.74) is -3.39. The Labute approximate surface area is 187 Å². The maximum atomic E-state index is 13.6. The number of aliphatic hydroxyl groups is 1. The van der Waals surface area contributed by atoms with Crippen molar-refractivity contribution >= 4 is 29.1 Å². The van der Waals surface area contributed by atoms with Gasteiger partial charge in [0.2, 0.25) is 11.5 Å². The van der Waals surface area contributed by atoms with Crippen molar-refractivity contribution in [1.29, 1.82) is 0 Å². The van der Waals surface area contributed by atoms with Crippen LogP contribution in [0.15, 0.2) is 30.6 Å². The fourth-order valence-electron chi connectivity index (χ4n) is 3.01. The molecule has 176 valence electrons. The molecule has 0 spiro atoms. The summed E-state index contributed by atoms with van der Waals surface area (Å²) in [7, 11) is 1.28. The summed E-state index contributed by atoms with van der Waals surface area (Å²) in [6, 6.07) is 4.00. The van der Waals surface area contributed by atoms with E-state index in [1.807, 2.05) is 13.8 Å². The van der Waals surface area contributed by atoms with E-state index in [9.17, 15) is 27.9 Å². The molecule has 2 aromatic rings. The van der Waals surface area contributed by atoms with Gasteiger partial charge in [-0.05, 0) is 32.0 Å². The Bertz CT molecular complexity index is 963. The number of nitrogens with zero attached hydrogens (tertiary/aromatic N) is 3. The number of halogens is 4. The van der Waals surface area contributed by atoms with Gasteiger partial charge in [0.25, 0.3) is 5.91 Å². The van der Waals surface area contributed by atoms with Crippen LogP contribution in [0.3, 0.4) is 0 Å². The molecule has 1 aromatic heterocycles. The Kier molecular flexibility index (Phi) is 8.13. The van der Waals surface area contributed by atoms with Gasteiger partial charge in [0.05, 0.1) is 11.4 Å². The number of carbonyl (C=O) groups excluding carboxylic acids is 2. The van der Waals surface area contributed by atoms with Gasteiger partial charge in [0.15, 0.2) is 12.4 Å². The predicted octanol–water partition coefficient (Wildman–Crippen LogP) is 3.10. The summed E-state index contributed by atoms with van der Waals surface area (Å²) in [5.74, 6) is -1.87. The van der Waals surface area contributed by atoms with E-state index in [1.54, 1.807) is 4.90 Å². The first kappa shape index (κ1) is 25.5. The van der Waals surface area contributed by atoms with Crippen LogP contribution in [0.1, 0.15) is 26.1 Å². The summed E-state index contributed by atoms with van der Waals surface area (Å²) >= 11 is 6.11. The summed E-state index contributed by atoms with van der Waals surface area (Å²) in [6.07, 6.45) is -4.13. The van der Waals surface area contributed by atoms with Crippen molar-refractivity contribution in [3.05, 3.63) is 41.4 Å². The third-order valence-corrected chi connectivity index (χ3v) is 5.05. The average Bonchev–Trinajstić information content (AvgIpc) is 3.13. The van der Waals surface area contributed by atoms with Crippen LogP contribution in [0.5, 0.6) is 5.75 Å². The first-order valence-electron chi connectivity index (χ1n) is 9.69. The minimum absolute atomic E-state index is 0.0466. The highest BCUT2D eigenvalue weighted by molar-refractivity contribution is 6.32. The van der Waals surface area contributed by atoms with Crippen molar-refractivity contribution in [2.75, 3.05) is 25.0 Å². The van der Waals surface area contributed by atoms with E-state index in [1.165, 1.54) is 31.4 Å². The topological polar surface area (TPSA) is 96.7 Å². The fourth-order valence-corrected chi connectivity index (χ4v) is 3.25. The standard InChI is InChI=1S/C20H24ClF3N4O4/c1-4-28(5-2)17(30)12-32-15-7-6-13(10-14(15)21)26-16(29)11-19(31,20(22,23)24)18-25-8-9-27(18)3/h6-10,31H,4-5,11-12H2,1-3H3,(H,26,29). The molecule has 12 heteroatoms. The lowest BCUT2D eigenvalue weighted by molar-refractivity contribution is -0.270. The van der Waals surface area contributed by atoms with E-state index in [0.717, 1.165) is 10.8 Å². The van der Waals surface area contributed by atoms with Crippen LogP contribution in [-0.2, 0) is 22.2 Å². The maximum absolute atomic E-state index is 13.6. The van der Waals surface area contributed by atoms with Gasteiger partial charge in [-0.3, -0.25) is 9.59 Å². The number of imidazole rings is 1. The zero-order valence-corrected chi connectivity index (χ0v) is 18.5. The van der Waals surface area contributed by atoms with Crippen molar-refractivity contribution in [2.45, 2.75) is 32.0 Å². The predicted molar refractivity (Wildman–Crippen MR) is 111 cm³/mol. The highest BCUT2D eigenvalue weighted by Crippen LogP contribution is 2.41. The Balaban J connectivity index is 2.09. The minimum atomic E-state index is -5.14. The van der Waals surface area contributed by atoms with Crippen molar-refractivity contribution in [3.63, 3.8) is 0 Å². The smallest absolute Gasteiger partial charge is 0.425 e. The van der Waals surface area contributed by atoms with Crippen LogP contribution in [0, 0.1) is 0 Å². The van der Waals surface area contributed by atoms with Gasteiger partial charge in [-0.15, -0.1) is 0 Å². The number of anilines is 1. The van der Waals surface area contributed by atoms with Crippen molar-refractivity contribution in [1.82, 2.24) is 14.5 Å². The molecule has 1 unspecified atom stereocenters. The van der Waals surface area contributed by atoms with Crippen LogP contribution in [0.2, 0.25) is 5.02 Å². The van der Waals surface area contributed by atoms with Crippen LogP contribution in [-0.4, -0.2) is 57.2 Å². The number of nitrogens with one attached hydrogen (secondary N) is 1. The molecule has 0 radical (unpaired) electrons. The Morgan fingerprint density at radius 3 is 2.44 bits per heavy atom. The van der Waals surface area contributed by atoms with E-state index in [4.69, 9.17) is 16.3 Å². The van der Waals surface area contributed by atoms with E-state index in [2.05, 4.69) is 10.3 Å². The number of likely N-dealkylation sites (N-methyl/N-ethyl adjacent to an activating group) is 1. The van der Waals surface area contributed by atoms with E-state index >= 15 is 0 Å². The molecule has 2 amide bonds. The normalized spacial score (nSPS) is 13.4. The molecule has 0 saturated heterocycles. The number of aryl methyl sites for hydroxylation is 1. The van der Waals surface area contributed by atoms with Crippen LogP contribution >= 0.6 is 11.6 Å². The molecule has 8 nitrogen and oxygen atoms in total. The highest BCUT2D eigenvalue weighted by atomic mass is 35.5. The van der Waals surface area contributed by atoms with E-state index < -0.39 is 29.9 Å². The van der Waals surface area contributed by atoms with Gasteiger partial charge < -0.3 is 24.6 Å². The van der Waals surface area contributed by atoms with Gasteiger partial charge in [-0.25, -0.2) is 4.98 Å². The molecule has 1 aromatic carbocycles. The molecule has 32 heavy (non-hydrogen) atoms. The number of benzene rings is 1. The lowest BCUT2D eigenvalue weighted by atomic mass is 9.97. The van der Waals surface area contributed by atoms with Gasteiger partial charge in [-0.2, -0.15) is 13.2 Å². The molecule has 0 saturated carbocycles. The number of hydrogen-bond acceptors (Lipinski definition) is 5. The van der Waals surface area contributed by atoms with Crippen molar-refractivity contribution in [2.24, 2.45) is 7.05 Å². The van der Waals surface area contributed by atoms with E-state index in [-0.39, 0.29) is 29.0 Å². The monoisotopic (exact) mass is 476 g/mol. The SMILES string of the molecule is CCN(CC)C(=O)COc1ccc(NC(=O)CC(O)(c2nccn2C)C(F)(F)F)cc1Cl. The first-order chi connectivity index (χ1) is 14.9. The number of hydrogen-bond donors (Lipinski definition) is 2. The zero-order valence-electron chi connectivity index (χ0n) is 17.7. The van der Waals surface area contributed by atoms with Crippen molar-refractivity contribution < 1.29 is 32.6 Å². The number of rotatable bonds is 9. The molecule has 0 fully saturated rings. The quantitative estimate of drug-likeness (QED) is 0.579. The second-order valence-electron chi connectivity index (χ2n) is 6.94. The first-order valence-corrected chi connectivity index (χ1v) is 10.1. The molecule has 1 atom stereocenters. The second kappa shape index (κ2) is 10.2. The number of aromatic nitrogens is 2. The van der Waals surface area contributed by atoms with Gasteiger partial charge >= 0.3 is 6.18 Å². The highest BCUT2D eigenvalue weighted by Gasteiger charge is 2.58. The number of alkyl halides is 3. The summed E-state index contributed by atoms with van der Waals surface area (Å²) < 4.78 is 47.1. The van der Waals surface area contributed by atoms with Gasteiger partial charge in [0.1, 0.15) is 5.75 Å². The third-order valence-electron chi connectivity index (χ3n) is 4.76. The van der Waals surface area contributed by atoms with Gasteiger partial charge in [-0.1, -0.05) is 11.6 Å². The maximum Gasteiger partial charge on any atom is 0.425 e. The minimum Gasteiger partial charge on any atom is -0.482 e. The molecule has 1 heterocycles. The number of carbonyl (C=O) groups is 2. The second-order valence-corrected chi connectivity index (χ2v) is 7.35.